The molecule has 2 heterocycles. The van der Waals surface area contributed by atoms with Gasteiger partial charge in [-0.2, -0.15) is 0 Å². The molecule has 0 bridgehead atoms. The lowest BCUT2D eigenvalue weighted by atomic mass is 9.88. The molecule has 3 N–H and O–H groups in total. The van der Waals surface area contributed by atoms with Crippen LogP contribution in [0.15, 0.2) is 66.7 Å². The van der Waals surface area contributed by atoms with Gasteiger partial charge >= 0.3 is 0 Å². The van der Waals surface area contributed by atoms with E-state index >= 15 is 0 Å². The fourth-order valence-electron chi connectivity index (χ4n) is 6.58. The lowest BCUT2D eigenvalue weighted by molar-refractivity contribution is 0.228. The summed E-state index contributed by atoms with van der Waals surface area (Å²) < 4.78 is 16.8. The summed E-state index contributed by atoms with van der Waals surface area (Å²) in [6.45, 7) is 1.83. The lowest BCUT2D eigenvalue weighted by Crippen LogP contribution is -2.33. The average Bonchev–Trinajstić information content (AvgIpc) is 3.02. The molecule has 8 nitrogen and oxygen atoms in total. The van der Waals surface area contributed by atoms with E-state index in [1.165, 1.54) is 11.1 Å². The van der Waals surface area contributed by atoms with Crippen LogP contribution in [0.5, 0.6) is 40.2 Å². The normalized spacial score (nSPS) is 18.4. The van der Waals surface area contributed by atoms with Crippen LogP contribution in [-0.2, 0) is 25.7 Å². The summed E-state index contributed by atoms with van der Waals surface area (Å²) in [5.74, 6) is 2.42. The molecule has 0 radical (unpaired) electrons. The number of aromatic hydroxyl groups is 3. The molecule has 0 saturated carbocycles. The van der Waals surface area contributed by atoms with Crippen LogP contribution in [0.25, 0.3) is 0 Å². The van der Waals surface area contributed by atoms with E-state index < -0.39 is 0 Å². The van der Waals surface area contributed by atoms with E-state index in [1.807, 2.05) is 48.5 Å². The monoisotopic (exact) mass is 596 g/mol. The Morgan fingerprint density at radius 1 is 0.614 bits per heavy atom. The van der Waals surface area contributed by atoms with Crippen molar-refractivity contribution >= 4 is 0 Å². The van der Waals surface area contributed by atoms with Gasteiger partial charge in [-0.05, 0) is 122 Å². The number of likely N-dealkylation sites (N-methyl/N-ethyl adjacent to an activating group) is 2. The summed E-state index contributed by atoms with van der Waals surface area (Å²) in [6.07, 6.45) is 3.28. The van der Waals surface area contributed by atoms with Crippen molar-refractivity contribution in [2.45, 2.75) is 37.8 Å². The number of ether oxygens (including phenoxy) is 3. The third-order valence-electron chi connectivity index (χ3n) is 9.16. The first-order valence-electron chi connectivity index (χ1n) is 15.0. The van der Waals surface area contributed by atoms with Crippen LogP contribution < -0.4 is 14.2 Å². The van der Waals surface area contributed by atoms with Gasteiger partial charge in [-0.25, -0.2) is 0 Å². The highest BCUT2D eigenvalue weighted by molar-refractivity contribution is 5.51. The number of hydrogen-bond acceptors (Lipinski definition) is 8. The SMILES string of the molecule is COc1cc2c(cc1O)C(Cc1ccc(O)c(Oc3ccc(C[C@H]4c5cc(O)c(OC)cc5CCN4C)cc3)c1)N(C)CC2. The summed E-state index contributed by atoms with van der Waals surface area (Å²) in [4.78, 5) is 4.61. The van der Waals surface area contributed by atoms with Gasteiger partial charge in [0, 0.05) is 25.2 Å². The fraction of sp³-hybridized carbons (Fsp3) is 0.333. The molecule has 2 aliphatic rings. The number of rotatable bonds is 8. The van der Waals surface area contributed by atoms with E-state index in [0.29, 0.717) is 29.4 Å². The predicted molar refractivity (Wildman–Crippen MR) is 169 cm³/mol. The second kappa shape index (κ2) is 12.3. The van der Waals surface area contributed by atoms with Crippen molar-refractivity contribution in [1.29, 1.82) is 0 Å². The Labute approximate surface area is 258 Å². The molecule has 4 aromatic carbocycles. The maximum Gasteiger partial charge on any atom is 0.169 e. The summed E-state index contributed by atoms with van der Waals surface area (Å²) in [5, 5.41) is 31.5. The molecule has 4 aromatic rings. The Morgan fingerprint density at radius 3 is 1.64 bits per heavy atom. The second-order valence-corrected chi connectivity index (χ2v) is 11.9. The number of phenolic OH excluding ortho intramolecular Hbond substituents is 3. The minimum Gasteiger partial charge on any atom is -0.504 e. The van der Waals surface area contributed by atoms with E-state index in [0.717, 1.165) is 54.6 Å². The number of hydrogen-bond donors (Lipinski definition) is 3. The largest absolute Gasteiger partial charge is 0.504 e. The minimum absolute atomic E-state index is 0.0679. The molecule has 0 amide bonds. The van der Waals surface area contributed by atoms with Crippen molar-refractivity contribution in [3.05, 3.63) is 100 Å². The van der Waals surface area contributed by atoms with E-state index in [-0.39, 0.29) is 29.3 Å². The van der Waals surface area contributed by atoms with Crippen molar-refractivity contribution in [3.63, 3.8) is 0 Å². The van der Waals surface area contributed by atoms with Gasteiger partial charge in [0.2, 0.25) is 0 Å². The maximum atomic E-state index is 10.6. The zero-order valence-electron chi connectivity index (χ0n) is 25.7. The highest BCUT2D eigenvalue weighted by atomic mass is 16.5. The van der Waals surface area contributed by atoms with Gasteiger partial charge in [-0.1, -0.05) is 18.2 Å². The van der Waals surface area contributed by atoms with Gasteiger partial charge in [0.05, 0.1) is 14.2 Å². The Morgan fingerprint density at radius 2 is 1.11 bits per heavy atom. The molecule has 1 unspecified atom stereocenters. The van der Waals surface area contributed by atoms with Gasteiger partial charge in [0.25, 0.3) is 0 Å². The second-order valence-electron chi connectivity index (χ2n) is 11.9. The summed E-state index contributed by atoms with van der Waals surface area (Å²) in [7, 11) is 7.35. The zero-order valence-corrected chi connectivity index (χ0v) is 25.7. The molecule has 0 saturated heterocycles. The number of nitrogens with zero attached hydrogens (tertiary/aromatic N) is 2. The molecule has 0 aromatic heterocycles. The first-order chi connectivity index (χ1) is 21.2. The highest BCUT2D eigenvalue weighted by Gasteiger charge is 2.28. The molecule has 0 aliphatic carbocycles. The molecule has 2 aliphatic heterocycles. The fourth-order valence-corrected chi connectivity index (χ4v) is 6.58. The molecule has 230 valence electrons. The predicted octanol–water partition coefficient (Wildman–Crippen LogP) is 6.16. The van der Waals surface area contributed by atoms with E-state index in [4.69, 9.17) is 14.2 Å². The van der Waals surface area contributed by atoms with Gasteiger partial charge in [-0.15, -0.1) is 0 Å². The number of phenols is 3. The molecule has 0 spiro atoms. The third-order valence-corrected chi connectivity index (χ3v) is 9.16. The zero-order chi connectivity index (χ0) is 31.0. The quantitative estimate of drug-likeness (QED) is 0.223. The van der Waals surface area contributed by atoms with Gasteiger partial charge < -0.3 is 29.5 Å². The lowest BCUT2D eigenvalue weighted by Gasteiger charge is -2.35. The Hall–Kier alpha value is -4.40. The van der Waals surface area contributed by atoms with E-state index in [9.17, 15) is 15.3 Å². The number of benzene rings is 4. The van der Waals surface area contributed by atoms with Crippen molar-refractivity contribution in [1.82, 2.24) is 9.80 Å². The van der Waals surface area contributed by atoms with Crippen molar-refractivity contribution in [3.8, 4) is 40.2 Å². The molecule has 2 atom stereocenters. The Kier molecular flexibility index (Phi) is 8.29. The van der Waals surface area contributed by atoms with Crippen LogP contribution in [0, 0.1) is 0 Å². The first-order valence-corrected chi connectivity index (χ1v) is 15.0. The van der Waals surface area contributed by atoms with E-state index in [1.54, 1.807) is 20.3 Å². The number of methoxy groups -OCH3 is 2. The van der Waals surface area contributed by atoms with Crippen molar-refractivity contribution in [2.75, 3.05) is 41.4 Å². The first kappa shape index (κ1) is 29.7. The molecule has 8 heteroatoms. The van der Waals surface area contributed by atoms with Gasteiger partial charge in [-0.3, -0.25) is 9.80 Å². The summed E-state index contributed by atoms with van der Waals surface area (Å²) >= 11 is 0. The smallest absolute Gasteiger partial charge is 0.169 e. The van der Waals surface area contributed by atoms with Crippen LogP contribution in [0.2, 0.25) is 0 Å². The average molecular weight is 597 g/mol. The standard InChI is InChI=1S/C36H40N2O6/c1-37-13-11-24-18-34(42-3)32(40)20-27(24)29(37)15-22-5-8-26(9-6-22)44-36-17-23(7-10-31(36)39)16-30-28-21-33(41)35(43-4)19-25(28)12-14-38(30)2/h5-10,17-21,29-30,39-41H,11-16H2,1-4H3/t29-,30?/m0/s1. The van der Waals surface area contributed by atoms with Crippen LogP contribution in [0.1, 0.15) is 45.5 Å². The topological polar surface area (TPSA) is 94.9 Å². The van der Waals surface area contributed by atoms with Crippen molar-refractivity contribution in [2.24, 2.45) is 0 Å². The Bertz CT molecular complexity index is 1650. The van der Waals surface area contributed by atoms with Crippen LogP contribution >= 0.6 is 0 Å². The van der Waals surface area contributed by atoms with Crippen molar-refractivity contribution < 1.29 is 29.5 Å². The molecular weight excluding hydrogens is 556 g/mol. The van der Waals surface area contributed by atoms with Crippen LogP contribution in [0.3, 0.4) is 0 Å². The number of fused-ring (bicyclic) bond motifs is 2. The minimum atomic E-state index is 0.0679. The molecule has 0 fully saturated rings. The maximum absolute atomic E-state index is 10.6. The van der Waals surface area contributed by atoms with E-state index in [2.05, 4.69) is 36.0 Å². The van der Waals surface area contributed by atoms with Crippen LogP contribution in [0.4, 0.5) is 0 Å². The molecule has 44 heavy (non-hydrogen) atoms. The third kappa shape index (κ3) is 5.87. The van der Waals surface area contributed by atoms with Gasteiger partial charge in [0.1, 0.15) is 5.75 Å². The van der Waals surface area contributed by atoms with Gasteiger partial charge in [0.15, 0.2) is 34.5 Å². The summed E-state index contributed by atoms with van der Waals surface area (Å²) in [6, 6.07) is 21.2. The molecule has 6 rings (SSSR count). The molecular formula is C36H40N2O6. The Balaban J connectivity index is 1.17. The van der Waals surface area contributed by atoms with Crippen LogP contribution in [-0.4, -0.2) is 66.5 Å². The highest BCUT2D eigenvalue weighted by Crippen LogP contribution is 2.41. The summed E-state index contributed by atoms with van der Waals surface area (Å²) in [5.41, 5.74) is 6.76.